The van der Waals surface area contributed by atoms with E-state index < -0.39 is 35.4 Å². The van der Waals surface area contributed by atoms with Gasteiger partial charge in [0.25, 0.3) is 5.69 Å². The summed E-state index contributed by atoms with van der Waals surface area (Å²) < 4.78 is 36.1. The first-order valence-corrected chi connectivity index (χ1v) is 14.7. The Morgan fingerprint density at radius 2 is 1.53 bits per heavy atom. The third-order valence-corrected chi connectivity index (χ3v) is 7.83. The van der Waals surface area contributed by atoms with Gasteiger partial charge in [0, 0.05) is 40.1 Å². The summed E-state index contributed by atoms with van der Waals surface area (Å²) in [5, 5.41) is 14.7. The second-order valence-electron chi connectivity index (χ2n) is 11.7. The maximum Gasteiger partial charge on any atom is 0.337 e. The number of ether oxygens (including phenoxy) is 2. The molecule has 0 spiro atoms. The van der Waals surface area contributed by atoms with Gasteiger partial charge in [-0.15, -0.1) is 0 Å². The zero-order valence-corrected chi connectivity index (χ0v) is 26.2. The molecule has 0 unspecified atom stereocenters. The summed E-state index contributed by atoms with van der Waals surface area (Å²) in [6.45, 7) is 4.13. The Kier molecular flexibility index (Phi) is 9.24. The molecule has 1 aliphatic heterocycles. The second-order valence-corrected chi connectivity index (χ2v) is 11.7. The summed E-state index contributed by atoms with van der Waals surface area (Å²) >= 11 is 0. The number of rotatable bonds is 12. The van der Waals surface area contributed by atoms with Gasteiger partial charge in [0.05, 0.1) is 29.1 Å². The number of hydrogen-bond donors (Lipinski definition) is 1. The molecule has 0 radical (unpaired) electrons. The van der Waals surface area contributed by atoms with Crippen LogP contribution in [-0.4, -0.2) is 54.5 Å². The Morgan fingerprint density at radius 3 is 2.07 bits per heavy atom. The molecule has 0 aromatic heterocycles. The molecule has 236 valence electrons. The molecule has 1 aliphatic rings. The van der Waals surface area contributed by atoms with Gasteiger partial charge in [-0.1, -0.05) is 72.8 Å². The number of hydrogen-bond acceptors (Lipinski definition) is 8. The molecular weight excluding hydrogens is 570 g/mol. The molecule has 0 saturated carbocycles. The first kappa shape index (κ1) is 29.0. The minimum atomic E-state index is -2.49. The fourth-order valence-corrected chi connectivity index (χ4v) is 5.85. The third kappa shape index (κ3) is 8.05. The number of dihydropyridines is 1. The van der Waals surface area contributed by atoms with E-state index in [-0.39, 0.29) is 35.8 Å². The number of benzene rings is 3. The molecule has 0 bridgehead atoms. The van der Waals surface area contributed by atoms with Crippen LogP contribution >= 0.6 is 0 Å². The molecule has 1 heterocycles. The van der Waals surface area contributed by atoms with Crippen LogP contribution in [0.15, 0.2) is 107 Å². The number of methoxy groups -OCH3 is 1. The Hall–Kier alpha value is -4.76. The van der Waals surface area contributed by atoms with Crippen LogP contribution in [0.3, 0.4) is 0 Å². The third-order valence-electron chi connectivity index (χ3n) is 7.83. The van der Waals surface area contributed by atoms with Gasteiger partial charge in [0.1, 0.15) is 5.60 Å². The highest BCUT2D eigenvalue weighted by Crippen LogP contribution is 2.40. The van der Waals surface area contributed by atoms with E-state index in [0.29, 0.717) is 23.4 Å². The minimum absolute atomic E-state index is 0.0585. The lowest BCUT2D eigenvalue weighted by molar-refractivity contribution is -0.384. The molecule has 1 N–H and O–H groups in total. The molecule has 0 amide bonds. The molecule has 45 heavy (non-hydrogen) atoms. The van der Waals surface area contributed by atoms with Crippen molar-refractivity contribution in [2.75, 3.05) is 27.2 Å². The Balaban J connectivity index is 1.62. The van der Waals surface area contributed by atoms with Crippen LogP contribution in [0.5, 0.6) is 0 Å². The summed E-state index contributed by atoms with van der Waals surface area (Å²) in [6, 6.07) is 25.5. The maximum atomic E-state index is 14.1. The molecular formula is C36H41N3O6. The highest BCUT2D eigenvalue weighted by atomic mass is 16.6. The van der Waals surface area contributed by atoms with E-state index in [0.717, 1.165) is 11.1 Å². The number of nitrogens with one attached hydrogen (secondary N) is 1. The lowest BCUT2D eigenvalue weighted by atomic mass is 9.80. The molecule has 3 aromatic carbocycles. The normalized spacial score (nSPS) is 16.5. The van der Waals surface area contributed by atoms with Gasteiger partial charge in [-0.2, -0.15) is 0 Å². The van der Waals surface area contributed by atoms with Crippen molar-refractivity contribution in [3.05, 3.63) is 134 Å². The van der Waals surface area contributed by atoms with Crippen molar-refractivity contribution >= 4 is 17.6 Å². The van der Waals surface area contributed by atoms with Gasteiger partial charge in [-0.05, 0) is 64.3 Å². The molecule has 0 fully saturated rings. The van der Waals surface area contributed by atoms with Crippen molar-refractivity contribution in [1.82, 2.24) is 10.2 Å². The van der Waals surface area contributed by atoms with E-state index in [9.17, 15) is 19.7 Å². The highest BCUT2D eigenvalue weighted by molar-refractivity contribution is 6.00. The van der Waals surface area contributed by atoms with E-state index in [1.165, 1.54) is 30.2 Å². The summed E-state index contributed by atoms with van der Waals surface area (Å²) in [6.07, 6.45) is 0.492. The summed E-state index contributed by atoms with van der Waals surface area (Å²) in [7, 11) is 1.21. The summed E-state index contributed by atoms with van der Waals surface area (Å²) in [5.74, 6) is -2.62. The number of likely N-dealkylation sites (N-methyl/N-ethyl adjacent to an activating group) is 1. The van der Waals surface area contributed by atoms with Crippen LogP contribution in [0.4, 0.5) is 5.69 Å². The van der Waals surface area contributed by atoms with E-state index in [4.69, 9.17) is 13.6 Å². The zero-order valence-electron chi connectivity index (χ0n) is 29.2. The van der Waals surface area contributed by atoms with Crippen molar-refractivity contribution in [2.24, 2.45) is 0 Å². The molecule has 9 heteroatoms. The van der Waals surface area contributed by atoms with Gasteiger partial charge < -0.3 is 19.7 Å². The van der Waals surface area contributed by atoms with Gasteiger partial charge in [-0.3, -0.25) is 10.1 Å². The van der Waals surface area contributed by atoms with Crippen LogP contribution in [0.2, 0.25) is 0 Å². The summed E-state index contributed by atoms with van der Waals surface area (Å²) in [4.78, 5) is 39.5. The Morgan fingerprint density at radius 1 is 0.956 bits per heavy atom. The smallest absolute Gasteiger partial charge is 0.337 e. The molecule has 0 saturated heterocycles. The topological polar surface area (TPSA) is 111 Å². The van der Waals surface area contributed by atoms with Crippen LogP contribution in [0, 0.1) is 10.1 Å². The fourth-order valence-electron chi connectivity index (χ4n) is 5.85. The second kappa shape index (κ2) is 14.3. The van der Waals surface area contributed by atoms with Crippen LogP contribution in [0.25, 0.3) is 0 Å². The van der Waals surface area contributed by atoms with E-state index in [1.807, 2.05) is 60.7 Å². The van der Waals surface area contributed by atoms with Gasteiger partial charge >= 0.3 is 11.9 Å². The Bertz CT molecular complexity index is 1670. The molecule has 3 aromatic rings. The molecule has 9 nitrogen and oxygen atoms in total. The number of carbonyl (C=O) groups excluding carboxylic acids is 2. The van der Waals surface area contributed by atoms with E-state index in [2.05, 4.69) is 5.32 Å². The minimum Gasteiger partial charge on any atom is -0.466 e. The maximum absolute atomic E-state index is 14.1. The van der Waals surface area contributed by atoms with Crippen molar-refractivity contribution in [1.29, 1.82) is 0 Å². The van der Waals surface area contributed by atoms with Gasteiger partial charge in [0.15, 0.2) is 0 Å². The first-order valence-electron chi connectivity index (χ1n) is 16.2. The molecule has 4 rings (SSSR count). The quantitative estimate of drug-likeness (QED) is 0.140. The number of nitrogens with zero attached hydrogens (tertiary/aromatic N) is 2. The number of nitro groups is 1. The highest BCUT2D eigenvalue weighted by Gasteiger charge is 2.40. The largest absolute Gasteiger partial charge is 0.466 e. The molecule has 1 atom stereocenters. The number of allylic oxidation sites excluding steroid dienone is 2. The van der Waals surface area contributed by atoms with Crippen molar-refractivity contribution in [3.63, 3.8) is 0 Å². The van der Waals surface area contributed by atoms with Crippen molar-refractivity contribution < 1.29 is 28.1 Å². The monoisotopic (exact) mass is 614 g/mol. The fraction of sp³-hybridized carbons (Fsp3) is 0.333. The SMILES string of the molecule is [2H]C([2H])([2H])N(CCC(c1ccccc1)c1ccccc1)CC(C)(C)OC(=O)C1=C(C)NC(C)=C(C(=O)OC)[C@@H]1c1cccc([N+](=O)[O-])c1. The average Bonchev–Trinajstić information content (AvgIpc) is 3.03. The number of carbonyl (C=O) groups is 2. The van der Waals surface area contributed by atoms with Gasteiger partial charge in [-0.25, -0.2) is 9.59 Å². The van der Waals surface area contributed by atoms with Crippen molar-refractivity contribution in [2.45, 2.75) is 51.6 Å². The standard InChI is InChI=1S/C36H41N3O6/c1-24-31(34(40)44-6)33(28-18-13-19-29(22-28)39(42)43)32(25(2)37-24)35(41)45-36(3,4)23-38(5)21-20-30(26-14-9-7-10-15-26)27-16-11-8-12-17-27/h7-19,22,30,33,37H,20-21,23H2,1-6H3/t33-/m0/s1/i5D3. The zero-order chi connectivity index (χ0) is 35.2. The summed E-state index contributed by atoms with van der Waals surface area (Å²) in [5.41, 5.74) is 1.90. The number of nitro benzene ring substituents is 1. The lowest BCUT2D eigenvalue weighted by Crippen LogP contribution is -2.42. The predicted octanol–water partition coefficient (Wildman–Crippen LogP) is 6.48. The Labute approximate surface area is 268 Å². The average molecular weight is 615 g/mol. The first-order chi connectivity index (χ1) is 22.6. The van der Waals surface area contributed by atoms with E-state index >= 15 is 0 Å². The predicted molar refractivity (Wildman–Crippen MR) is 173 cm³/mol. The van der Waals surface area contributed by atoms with Crippen LogP contribution < -0.4 is 5.32 Å². The lowest BCUT2D eigenvalue weighted by Gasteiger charge is -2.34. The number of esters is 2. The van der Waals surface area contributed by atoms with Crippen LogP contribution in [0.1, 0.15) is 66.8 Å². The van der Waals surface area contributed by atoms with Gasteiger partial charge in [0.2, 0.25) is 0 Å². The number of non-ortho nitro benzene ring substituents is 1. The van der Waals surface area contributed by atoms with E-state index in [1.54, 1.807) is 33.8 Å². The van der Waals surface area contributed by atoms with Crippen LogP contribution in [-0.2, 0) is 19.1 Å². The molecule has 0 aliphatic carbocycles. The van der Waals surface area contributed by atoms with Crippen molar-refractivity contribution in [3.8, 4) is 0 Å².